The maximum atomic E-state index is 11.7. The first-order valence-corrected chi connectivity index (χ1v) is 7.70. The molecule has 21 heavy (non-hydrogen) atoms. The lowest BCUT2D eigenvalue weighted by Gasteiger charge is -2.06. The first-order valence-electron chi connectivity index (χ1n) is 7.70. The van der Waals surface area contributed by atoms with Crippen LogP contribution in [0.3, 0.4) is 0 Å². The van der Waals surface area contributed by atoms with Crippen LogP contribution in [0.2, 0.25) is 0 Å². The molecule has 0 aliphatic rings. The molecule has 0 bridgehead atoms. The Morgan fingerprint density at radius 2 is 1.62 bits per heavy atom. The van der Waals surface area contributed by atoms with Gasteiger partial charge in [0.05, 0.1) is 0 Å². The Labute approximate surface area is 126 Å². The lowest BCUT2D eigenvalue weighted by atomic mass is 10.1. The molecular formula is C17H25NO3. The minimum atomic E-state index is -0.197. The molecule has 0 fully saturated rings. The van der Waals surface area contributed by atoms with Crippen molar-refractivity contribution in [2.45, 2.75) is 58.8 Å². The highest BCUT2D eigenvalue weighted by atomic mass is 16.5. The van der Waals surface area contributed by atoms with Gasteiger partial charge in [0.25, 0.3) is 0 Å². The number of hydrogen-bond donors (Lipinski definition) is 1. The zero-order valence-electron chi connectivity index (χ0n) is 13.0. The Hall–Kier alpha value is -1.84. The van der Waals surface area contributed by atoms with Crippen molar-refractivity contribution in [3.63, 3.8) is 0 Å². The van der Waals surface area contributed by atoms with Crippen molar-refractivity contribution in [1.29, 1.82) is 0 Å². The molecule has 0 spiro atoms. The molecule has 4 heteroatoms. The Morgan fingerprint density at radius 3 is 2.24 bits per heavy atom. The molecule has 116 valence electrons. The number of ether oxygens (including phenoxy) is 1. The number of carbonyl (C=O) groups is 2. The predicted octanol–water partition coefficient (Wildman–Crippen LogP) is 4.30. The Bertz CT molecular complexity index is 440. The molecule has 0 saturated heterocycles. The summed E-state index contributed by atoms with van der Waals surface area (Å²) in [5, 5.41) is 2.66. The van der Waals surface area contributed by atoms with E-state index in [0.29, 0.717) is 17.9 Å². The van der Waals surface area contributed by atoms with Crippen LogP contribution in [0.4, 0.5) is 5.69 Å². The van der Waals surface area contributed by atoms with Gasteiger partial charge in [-0.25, -0.2) is 0 Å². The van der Waals surface area contributed by atoms with E-state index in [4.69, 9.17) is 4.74 Å². The molecule has 0 radical (unpaired) electrons. The van der Waals surface area contributed by atoms with Crippen molar-refractivity contribution >= 4 is 17.6 Å². The summed E-state index contributed by atoms with van der Waals surface area (Å²) in [5.41, 5.74) is 0.693. The molecule has 1 aromatic carbocycles. The van der Waals surface area contributed by atoms with Gasteiger partial charge in [-0.3, -0.25) is 9.59 Å². The SMILES string of the molecule is CCCCCCCCC(=O)Oc1ccc(NC(C)=O)cc1. The second-order valence-electron chi connectivity index (χ2n) is 5.20. The highest BCUT2D eigenvalue weighted by Gasteiger charge is 2.05. The third-order valence-electron chi connectivity index (χ3n) is 3.14. The number of carbonyl (C=O) groups excluding carboxylic acids is 2. The highest BCUT2D eigenvalue weighted by Crippen LogP contribution is 2.16. The molecule has 0 unspecified atom stereocenters. The average molecular weight is 291 g/mol. The number of hydrogen-bond acceptors (Lipinski definition) is 3. The van der Waals surface area contributed by atoms with Gasteiger partial charge in [0.15, 0.2) is 0 Å². The number of unbranched alkanes of at least 4 members (excludes halogenated alkanes) is 5. The van der Waals surface area contributed by atoms with Crippen LogP contribution in [-0.4, -0.2) is 11.9 Å². The largest absolute Gasteiger partial charge is 0.427 e. The summed E-state index contributed by atoms with van der Waals surface area (Å²) < 4.78 is 5.25. The number of esters is 1. The molecule has 0 saturated carbocycles. The van der Waals surface area contributed by atoms with E-state index < -0.39 is 0 Å². The first-order chi connectivity index (χ1) is 10.1. The summed E-state index contributed by atoms with van der Waals surface area (Å²) in [6.45, 7) is 3.64. The van der Waals surface area contributed by atoms with Gasteiger partial charge in [0, 0.05) is 19.0 Å². The maximum Gasteiger partial charge on any atom is 0.311 e. The monoisotopic (exact) mass is 291 g/mol. The minimum Gasteiger partial charge on any atom is -0.427 e. The first kappa shape index (κ1) is 17.2. The minimum absolute atomic E-state index is 0.122. The van der Waals surface area contributed by atoms with Crippen LogP contribution >= 0.6 is 0 Å². The second-order valence-corrected chi connectivity index (χ2v) is 5.20. The molecule has 1 N–H and O–H groups in total. The van der Waals surface area contributed by atoms with Crippen LogP contribution < -0.4 is 10.1 Å². The van der Waals surface area contributed by atoms with Crippen LogP contribution in [0.15, 0.2) is 24.3 Å². The highest BCUT2D eigenvalue weighted by molar-refractivity contribution is 5.88. The predicted molar refractivity (Wildman–Crippen MR) is 84.4 cm³/mol. The fraction of sp³-hybridized carbons (Fsp3) is 0.529. The zero-order valence-corrected chi connectivity index (χ0v) is 13.0. The van der Waals surface area contributed by atoms with Gasteiger partial charge in [-0.05, 0) is 30.7 Å². The third-order valence-corrected chi connectivity index (χ3v) is 3.14. The molecule has 1 aromatic rings. The van der Waals surface area contributed by atoms with Gasteiger partial charge in [0.1, 0.15) is 5.75 Å². The van der Waals surface area contributed by atoms with Gasteiger partial charge < -0.3 is 10.1 Å². The quantitative estimate of drug-likeness (QED) is 0.419. The van der Waals surface area contributed by atoms with E-state index in [1.807, 2.05) is 0 Å². The van der Waals surface area contributed by atoms with Gasteiger partial charge in [-0.15, -0.1) is 0 Å². The van der Waals surface area contributed by atoms with Gasteiger partial charge in [0.2, 0.25) is 5.91 Å². The number of anilines is 1. The zero-order chi connectivity index (χ0) is 15.5. The Kier molecular flexibility index (Phi) is 8.17. The van der Waals surface area contributed by atoms with Crippen molar-refractivity contribution in [1.82, 2.24) is 0 Å². The Morgan fingerprint density at radius 1 is 1.00 bits per heavy atom. The van der Waals surface area contributed by atoms with Crippen molar-refractivity contribution < 1.29 is 14.3 Å². The van der Waals surface area contributed by atoms with E-state index >= 15 is 0 Å². The molecule has 0 aliphatic heterocycles. The van der Waals surface area contributed by atoms with Crippen molar-refractivity contribution in [2.75, 3.05) is 5.32 Å². The molecule has 1 rings (SSSR count). The van der Waals surface area contributed by atoms with Crippen LogP contribution in [0.25, 0.3) is 0 Å². The summed E-state index contributed by atoms with van der Waals surface area (Å²) >= 11 is 0. The topological polar surface area (TPSA) is 55.4 Å². The summed E-state index contributed by atoms with van der Waals surface area (Å²) in [6, 6.07) is 6.80. The van der Waals surface area contributed by atoms with Gasteiger partial charge in [-0.1, -0.05) is 39.0 Å². The van der Waals surface area contributed by atoms with Crippen LogP contribution in [0.5, 0.6) is 5.75 Å². The van der Waals surface area contributed by atoms with E-state index in [1.165, 1.54) is 32.6 Å². The van der Waals surface area contributed by atoms with Crippen LogP contribution in [-0.2, 0) is 9.59 Å². The van der Waals surface area contributed by atoms with Crippen molar-refractivity contribution in [3.05, 3.63) is 24.3 Å². The number of amides is 1. The molecule has 1 amide bonds. The van der Waals surface area contributed by atoms with E-state index in [2.05, 4.69) is 12.2 Å². The average Bonchev–Trinajstić information content (AvgIpc) is 2.44. The van der Waals surface area contributed by atoms with Crippen molar-refractivity contribution in [2.24, 2.45) is 0 Å². The lowest BCUT2D eigenvalue weighted by Crippen LogP contribution is -2.08. The van der Waals surface area contributed by atoms with Gasteiger partial charge >= 0.3 is 5.97 Å². The molecule has 0 heterocycles. The third kappa shape index (κ3) is 8.12. The molecule has 0 aliphatic carbocycles. The number of rotatable bonds is 9. The standard InChI is InChI=1S/C17H25NO3/c1-3-4-5-6-7-8-9-17(20)21-16-12-10-15(11-13-16)18-14(2)19/h10-13H,3-9H2,1-2H3,(H,18,19). The number of benzene rings is 1. The summed E-state index contributed by atoms with van der Waals surface area (Å²) in [7, 11) is 0. The smallest absolute Gasteiger partial charge is 0.311 e. The summed E-state index contributed by atoms with van der Waals surface area (Å²) in [6.07, 6.45) is 7.35. The van der Waals surface area contributed by atoms with E-state index in [-0.39, 0.29) is 11.9 Å². The normalized spacial score (nSPS) is 10.2. The summed E-state index contributed by atoms with van der Waals surface area (Å²) in [5.74, 6) is 0.195. The fourth-order valence-corrected chi connectivity index (χ4v) is 2.04. The molecule has 4 nitrogen and oxygen atoms in total. The van der Waals surface area contributed by atoms with Gasteiger partial charge in [-0.2, -0.15) is 0 Å². The summed E-state index contributed by atoms with van der Waals surface area (Å²) in [4.78, 5) is 22.6. The van der Waals surface area contributed by atoms with E-state index in [0.717, 1.165) is 12.8 Å². The van der Waals surface area contributed by atoms with Crippen LogP contribution in [0, 0.1) is 0 Å². The molecule has 0 aromatic heterocycles. The van der Waals surface area contributed by atoms with E-state index in [9.17, 15) is 9.59 Å². The lowest BCUT2D eigenvalue weighted by molar-refractivity contribution is -0.134. The number of nitrogens with one attached hydrogen (secondary N) is 1. The van der Waals surface area contributed by atoms with Crippen LogP contribution in [0.1, 0.15) is 58.8 Å². The maximum absolute atomic E-state index is 11.7. The Balaban J connectivity index is 2.23. The second kappa shape index (κ2) is 9.97. The van der Waals surface area contributed by atoms with Crippen molar-refractivity contribution in [3.8, 4) is 5.75 Å². The molecule has 0 atom stereocenters. The molecular weight excluding hydrogens is 266 g/mol. The van der Waals surface area contributed by atoms with E-state index in [1.54, 1.807) is 24.3 Å². The fourth-order valence-electron chi connectivity index (χ4n) is 2.04.